The lowest BCUT2D eigenvalue weighted by molar-refractivity contribution is -0.133. The standard InChI is InChI=1S/C23H26N4O5S/c1-32-16-8-6-15(7-9-16)22(30)27-12-11-26(23(31)19-5-3-13-33-19)14-18(27)21(29)25-17-4-2-10-24-20(17)28/h3,5-9,13,17-18H,2,4,10-12,14H2,1H3,(H,24,28)(H,25,29)/t17-,18-/m1/s1. The van der Waals surface area contributed by atoms with Gasteiger partial charge in [0.05, 0.1) is 18.5 Å². The van der Waals surface area contributed by atoms with Gasteiger partial charge in [-0.3, -0.25) is 19.2 Å². The molecule has 2 atom stereocenters. The van der Waals surface area contributed by atoms with Crippen molar-refractivity contribution >= 4 is 35.0 Å². The normalized spacial score (nSPS) is 20.7. The zero-order valence-corrected chi connectivity index (χ0v) is 19.1. The van der Waals surface area contributed by atoms with Gasteiger partial charge in [0.2, 0.25) is 11.8 Å². The Labute approximate surface area is 195 Å². The number of methoxy groups -OCH3 is 1. The quantitative estimate of drug-likeness (QED) is 0.681. The van der Waals surface area contributed by atoms with Crippen LogP contribution in [0.5, 0.6) is 5.75 Å². The molecule has 4 rings (SSSR count). The van der Waals surface area contributed by atoms with Gasteiger partial charge in [0.25, 0.3) is 11.8 Å². The number of amides is 4. The summed E-state index contributed by atoms with van der Waals surface area (Å²) in [6.45, 7) is 1.15. The van der Waals surface area contributed by atoms with Crippen molar-refractivity contribution in [1.29, 1.82) is 0 Å². The van der Waals surface area contributed by atoms with Gasteiger partial charge < -0.3 is 25.2 Å². The highest BCUT2D eigenvalue weighted by Gasteiger charge is 2.39. The van der Waals surface area contributed by atoms with E-state index in [1.54, 1.807) is 48.4 Å². The van der Waals surface area contributed by atoms with E-state index in [9.17, 15) is 19.2 Å². The number of benzene rings is 1. The van der Waals surface area contributed by atoms with E-state index in [1.807, 2.05) is 5.38 Å². The SMILES string of the molecule is COc1ccc(C(=O)N2CCN(C(=O)c3cccs3)C[C@@H]2C(=O)N[C@@H]2CCCNC2=O)cc1. The van der Waals surface area contributed by atoms with Crippen LogP contribution in [0.15, 0.2) is 41.8 Å². The van der Waals surface area contributed by atoms with Crippen LogP contribution in [-0.2, 0) is 9.59 Å². The summed E-state index contributed by atoms with van der Waals surface area (Å²) >= 11 is 1.33. The molecule has 2 fully saturated rings. The molecule has 1 aromatic carbocycles. The van der Waals surface area contributed by atoms with Crippen molar-refractivity contribution < 1.29 is 23.9 Å². The Hall–Kier alpha value is -3.40. The first-order valence-electron chi connectivity index (χ1n) is 10.8. The smallest absolute Gasteiger partial charge is 0.264 e. The van der Waals surface area contributed by atoms with Gasteiger partial charge in [-0.1, -0.05) is 6.07 Å². The number of piperidine rings is 1. The fraction of sp³-hybridized carbons (Fsp3) is 0.391. The average molecular weight is 471 g/mol. The molecule has 9 nitrogen and oxygen atoms in total. The zero-order chi connectivity index (χ0) is 23.4. The van der Waals surface area contributed by atoms with Gasteiger partial charge in [-0.25, -0.2) is 0 Å². The van der Waals surface area contributed by atoms with Gasteiger partial charge in [0.1, 0.15) is 17.8 Å². The number of hydrogen-bond acceptors (Lipinski definition) is 6. The lowest BCUT2D eigenvalue weighted by Gasteiger charge is -2.41. The van der Waals surface area contributed by atoms with Gasteiger partial charge in [0.15, 0.2) is 0 Å². The first-order chi connectivity index (χ1) is 16.0. The Kier molecular flexibility index (Phi) is 6.93. The maximum absolute atomic E-state index is 13.3. The molecule has 0 radical (unpaired) electrons. The van der Waals surface area contributed by atoms with Gasteiger partial charge >= 0.3 is 0 Å². The molecule has 2 aliphatic heterocycles. The van der Waals surface area contributed by atoms with Gasteiger partial charge in [0, 0.05) is 25.2 Å². The van der Waals surface area contributed by atoms with Crippen molar-refractivity contribution in [3.63, 3.8) is 0 Å². The second-order valence-corrected chi connectivity index (χ2v) is 8.91. The maximum atomic E-state index is 13.3. The van der Waals surface area contributed by atoms with Crippen LogP contribution in [-0.4, -0.2) is 78.8 Å². The van der Waals surface area contributed by atoms with Crippen LogP contribution in [0.2, 0.25) is 0 Å². The molecule has 1 aromatic heterocycles. The van der Waals surface area contributed by atoms with Crippen LogP contribution in [0, 0.1) is 0 Å². The second kappa shape index (κ2) is 10.0. The molecular weight excluding hydrogens is 444 g/mol. The number of piperazine rings is 1. The number of thiophene rings is 1. The largest absolute Gasteiger partial charge is 0.497 e. The highest BCUT2D eigenvalue weighted by molar-refractivity contribution is 7.12. The van der Waals surface area contributed by atoms with E-state index in [1.165, 1.54) is 16.2 Å². The van der Waals surface area contributed by atoms with Gasteiger partial charge in [-0.15, -0.1) is 11.3 Å². The van der Waals surface area contributed by atoms with Crippen molar-refractivity contribution in [2.75, 3.05) is 33.3 Å². The Morgan fingerprint density at radius 2 is 1.91 bits per heavy atom. The molecule has 174 valence electrons. The van der Waals surface area contributed by atoms with Crippen LogP contribution in [0.25, 0.3) is 0 Å². The van der Waals surface area contributed by atoms with Gasteiger partial charge in [-0.05, 0) is 48.6 Å². The molecule has 3 heterocycles. The molecule has 33 heavy (non-hydrogen) atoms. The predicted molar refractivity (Wildman–Crippen MR) is 122 cm³/mol. The van der Waals surface area contributed by atoms with Crippen molar-refractivity contribution in [3.8, 4) is 5.75 Å². The van der Waals surface area contributed by atoms with E-state index in [-0.39, 0.29) is 30.8 Å². The van der Waals surface area contributed by atoms with Crippen LogP contribution >= 0.6 is 11.3 Å². The lowest BCUT2D eigenvalue weighted by Crippen LogP contribution is -2.63. The van der Waals surface area contributed by atoms with E-state index >= 15 is 0 Å². The Bertz CT molecular complexity index is 1020. The summed E-state index contributed by atoms with van der Waals surface area (Å²) in [5, 5.41) is 7.36. The van der Waals surface area contributed by atoms with E-state index in [0.29, 0.717) is 35.7 Å². The maximum Gasteiger partial charge on any atom is 0.264 e. The van der Waals surface area contributed by atoms with E-state index in [2.05, 4.69) is 10.6 Å². The number of hydrogen-bond donors (Lipinski definition) is 2. The summed E-state index contributed by atoms with van der Waals surface area (Å²) in [5.41, 5.74) is 0.419. The molecule has 2 aromatic rings. The first-order valence-corrected chi connectivity index (χ1v) is 11.7. The molecule has 10 heteroatoms. The monoisotopic (exact) mass is 470 g/mol. The van der Waals surface area contributed by atoms with E-state index < -0.39 is 18.0 Å². The van der Waals surface area contributed by atoms with E-state index in [4.69, 9.17) is 4.74 Å². The molecule has 2 aliphatic rings. The number of ether oxygens (including phenoxy) is 1. The fourth-order valence-electron chi connectivity index (χ4n) is 4.07. The molecule has 0 bridgehead atoms. The van der Waals surface area contributed by atoms with E-state index in [0.717, 1.165) is 6.42 Å². The average Bonchev–Trinajstić information content (AvgIpc) is 3.39. The van der Waals surface area contributed by atoms with Crippen molar-refractivity contribution in [2.45, 2.75) is 24.9 Å². The number of nitrogens with zero attached hydrogens (tertiary/aromatic N) is 2. The summed E-state index contributed by atoms with van der Waals surface area (Å²) in [5.74, 6) is -0.535. The summed E-state index contributed by atoms with van der Waals surface area (Å²) in [6.07, 6.45) is 1.30. The molecule has 0 spiro atoms. The summed E-state index contributed by atoms with van der Waals surface area (Å²) < 4.78 is 5.15. The number of carbonyl (C=O) groups excluding carboxylic acids is 4. The first kappa shape index (κ1) is 22.8. The fourth-order valence-corrected chi connectivity index (χ4v) is 4.76. The summed E-state index contributed by atoms with van der Waals surface area (Å²) in [6, 6.07) is 8.65. The van der Waals surface area contributed by atoms with Crippen molar-refractivity contribution in [1.82, 2.24) is 20.4 Å². The Balaban J connectivity index is 1.55. The Morgan fingerprint density at radius 1 is 1.12 bits per heavy atom. The molecule has 0 unspecified atom stereocenters. The second-order valence-electron chi connectivity index (χ2n) is 7.97. The summed E-state index contributed by atoms with van der Waals surface area (Å²) in [4.78, 5) is 55.3. The topological polar surface area (TPSA) is 108 Å². The third kappa shape index (κ3) is 5.00. The lowest BCUT2D eigenvalue weighted by atomic mass is 10.0. The molecule has 0 saturated carbocycles. The highest BCUT2D eigenvalue weighted by Crippen LogP contribution is 2.20. The molecule has 4 amide bonds. The number of carbonyl (C=O) groups is 4. The molecule has 2 saturated heterocycles. The third-order valence-corrected chi connectivity index (χ3v) is 6.76. The Morgan fingerprint density at radius 3 is 2.58 bits per heavy atom. The zero-order valence-electron chi connectivity index (χ0n) is 18.3. The third-order valence-electron chi connectivity index (χ3n) is 5.90. The minimum atomic E-state index is -0.910. The van der Waals surface area contributed by atoms with Crippen molar-refractivity contribution in [3.05, 3.63) is 52.2 Å². The highest BCUT2D eigenvalue weighted by atomic mass is 32.1. The number of nitrogens with one attached hydrogen (secondary N) is 2. The van der Waals surface area contributed by atoms with Crippen LogP contribution < -0.4 is 15.4 Å². The molecular formula is C23H26N4O5S. The van der Waals surface area contributed by atoms with Crippen molar-refractivity contribution in [2.24, 2.45) is 0 Å². The minimum Gasteiger partial charge on any atom is -0.497 e. The molecule has 0 aliphatic carbocycles. The molecule has 2 N–H and O–H groups in total. The van der Waals surface area contributed by atoms with Crippen LogP contribution in [0.4, 0.5) is 0 Å². The van der Waals surface area contributed by atoms with Crippen LogP contribution in [0.1, 0.15) is 32.9 Å². The minimum absolute atomic E-state index is 0.0544. The van der Waals surface area contributed by atoms with Gasteiger partial charge in [-0.2, -0.15) is 0 Å². The van der Waals surface area contributed by atoms with Crippen LogP contribution in [0.3, 0.4) is 0 Å². The summed E-state index contributed by atoms with van der Waals surface area (Å²) in [7, 11) is 1.54. The predicted octanol–water partition coefficient (Wildman–Crippen LogP) is 1.12. The number of rotatable bonds is 5.